The van der Waals surface area contributed by atoms with Gasteiger partial charge >= 0.3 is 6.18 Å². The molecule has 5 nitrogen and oxygen atoms in total. The molecule has 0 saturated carbocycles. The zero-order chi connectivity index (χ0) is 13.2. The zero-order valence-corrected chi connectivity index (χ0v) is 8.69. The number of alkyl halides is 3. The van der Waals surface area contributed by atoms with Crippen molar-refractivity contribution >= 4 is 5.69 Å². The fourth-order valence-corrected chi connectivity index (χ4v) is 1.25. The Morgan fingerprint density at radius 1 is 1.47 bits per heavy atom. The van der Waals surface area contributed by atoms with Crippen LogP contribution in [0.25, 0.3) is 0 Å². The maximum Gasteiger partial charge on any atom is 0.407 e. The van der Waals surface area contributed by atoms with E-state index in [0.717, 1.165) is 12.1 Å². The molecule has 0 aliphatic rings. The second-order valence-electron chi connectivity index (χ2n) is 3.20. The Bertz CT molecular complexity index is 434. The van der Waals surface area contributed by atoms with Crippen molar-refractivity contribution in [2.75, 3.05) is 7.11 Å². The summed E-state index contributed by atoms with van der Waals surface area (Å²) in [6.45, 7) is 0. The normalized spacial score (nSPS) is 13.2. The van der Waals surface area contributed by atoms with Gasteiger partial charge in [-0.05, 0) is 12.1 Å². The molecule has 0 saturated heterocycles. The molecule has 0 amide bonds. The van der Waals surface area contributed by atoms with Crippen molar-refractivity contribution in [1.82, 2.24) is 0 Å². The third kappa shape index (κ3) is 2.84. The Hall–Kier alpha value is -1.83. The average Bonchev–Trinajstić information content (AvgIpc) is 2.25. The van der Waals surface area contributed by atoms with Gasteiger partial charge in [0.05, 0.1) is 23.7 Å². The molecule has 0 aliphatic heterocycles. The lowest BCUT2D eigenvalue weighted by Gasteiger charge is -2.16. The number of nitrogens with two attached hydrogens (primary N) is 1. The first kappa shape index (κ1) is 13.2. The summed E-state index contributed by atoms with van der Waals surface area (Å²) < 4.78 is 41.8. The molecule has 0 spiro atoms. The molecule has 2 N–H and O–H groups in total. The predicted octanol–water partition coefficient (Wildman–Crippen LogP) is 2.17. The molecule has 1 unspecified atom stereocenters. The van der Waals surface area contributed by atoms with Crippen LogP contribution in [0.2, 0.25) is 0 Å². The Labute approximate surface area is 94.1 Å². The molecule has 0 bridgehead atoms. The number of methoxy groups -OCH3 is 1. The number of rotatable bonds is 3. The molecule has 1 aromatic carbocycles. The van der Waals surface area contributed by atoms with Crippen molar-refractivity contribution < 1.29 is 22.8 Å². The second kappa shape index (κ2) is 4.58. The van der Waals surface area contributed by atoms with Crippen molar-refractivity contribution in [2.45, 2.75) is 12.2 Å². The van der Waals surface area contributed by atoms with Crippen molar-refractivity contribution in [3.05, 3.63) is 33.9 Å². The fourth-order valence-electron chi connectivity index (χ4n) is 1.25. The number of hydrogen-bond acceptors (Lipinski definition) is 4. The van der Waals surface area contributed by atoms with E-state index in [1.165, 1.54) is 13.2 Å². The van der Waals surface area contributed by atoms with Gasteiger partial charge in [0.2, 0.25) is 0 Å². The summed E-state index contributed by atoms with van der Waals surface area (Å²) in [5.74, 6) is 0.0924. The van der Waals surface area contributed by atoms with Gasteiger partial charge in [-0.2, -0.15) is 13.2 Å². The number of nitro benzene ring substituents is 1. The van der Waals surface area contributed by atoms with Gasteiger partial charge < -0.3 is 10.5 Å². The molecule has 1 rings (SSSR count). The summed E-state index contributed by atoms with van der Waals surface area (Å²) in [5.41, 5.74) is 3.62. The van der Waals surface area contributed by atoms with Crippen LogP contribution in [0.1, 0.15) is 11.6 Å². The van der Waals surface area contributed by atoms with Crippen molar-refractivity contribution in [2.24, 2.45) is 5.73 Å². The SMILES string of the molecule is COc1ccc(C(N)C(F)(F)F)c([N+](=O)[O-])c1. The van der Waals surface area contributed by atoms with Crippen LogP contribution in [-0.2, 0) is 0 Å². The fraction of sp³-hybridized carbons (Fsp3) is 0.333. The summed E-state index contributed by atoms with van der Waals surface area (Å²) in [7, 11) is 1.25. The molecular weight excluding hydrogens is 241 g/mol. The van der Waals surface area contributed by atoms with E-state index in [-0.39, 0.29) is 5.75 Å². The predicted molar refractivity (Wildman–Crippen MR) is 52.6 cm³/mol. The Morgan fingerprint density at radius 3 is 2.47 bits per heavy atom. The molecule has 0 aromatic heterocycles. The average molecular weight is 250 g/mol. The lowest BCUT2D eigenvalue weighted by atomic mass is 10.0. The van der Waals surface area contributed by atoms with Crippen molar-refractivity contribution in [1.29, 1.82) is 0 Å². The van der Waals surface area contributed by atoms with Crippen LogP contribution >= 0.6 is 0 Å². The van der Waals surface area contributed by atoms with Crippen LogP contribution < -0.4 is 10.5 Å². The lowest BCUT2D eigenvalue weighted by molar-refractivity contribution is -0.386. The van der Waals surface area contributed by atoms with E-state index >= 15 is 0 Å². The maximum absolute atomic E-state index is 12.4. The summed E-state index contributed by atoms with van der Waals surface area (Å²) >= 11 is 0. The number of nitro groups is 1. The van der Waals surface area contributed by atoms with Gasteiger partial charge in [-0.25, -0.2) is 0 Å². The summed E-state index contributed by atoms with van der Waals surface area (Å²) in [4.78, 5) is 9.72. The third-order valence-electron chi connectivity index (χ3n) is 2.12. The highest BCUT2D eigenvalue weighted by molar-refractivity contribution is 5.48. The molecule has 0 radical (unpaired) electrons. The van der Waals surface area contributed by atoms with E-state index in [1.54, 1.807) is 0 Å². The molecule has 0 heterocycles. The number of ether oxygens (including phenoxy) is 1. The van der Waals surface area contributed by atoms with Crippen molar-refractivity contribution in [3.63, 3.8) is 0 Å². The van der Waals surface area contributed by atoms with E-state index in [1.807, 2.05) is 0 Å². The highest BCUT2D eigenvalue weighted by atomic mass is 19.4. The second-order valence-corrected chi connectivity index (χ2v) is 3.20. The van der Waals surface area contributed by atoms with Crippen LogP contribution in [0.3, 0.4) is 0 Å². The standard InChI is InChI=1S/C9H9F3N2O3/c1-17-5-2-3-6(7(4-5)14(15)16)8(13)9(10,11)12/h2-4,8H,13H2,1H3. The first-order valence-electron chi connectivity index (χ1n) is 4.42. The maximum atomic E-state index is 12.4. The van der Waals surface area contributed by atoms with Gasteiger partial charge in [0.25, 0.3) is 5.69 Å². The summed E-state index contributed by atoms with van der Waals surface area (Å²) in [5, 5.41) is 10.6. The minimum absolute atomic E-state index is 0.0924. The Morgan fingerprint density at radius 2 is 2.06 bits per heavy atom. The third-order valence-corrected chi connectivity index (χ3v) is 2.12. The molecule has 8 heteroatoms. The largest absolute Gasteiger partial charge is 0.497 e. The van der Waals surface area contributed by atoms with E-state index in [9.17, 15) is 23.3 Å². The first-order valence-corrected chi connectivity index (χ1v) is 4.42. The van der Waals surface area contributed by atoms with Gasteiger partial charge in [-0.3, -0.25) is 10.1 Å². The summed E-state index contributed by atoms with van der Waals surface area (Å²) in [6, 6.07) is 0.637. The van der Waals surface area contributed by atoms with Crippen molar-refractivity contribution in [3.8, 4) is 5.75 Å². The highest BCUT2D eigenvalue weighted by Gasteiger charge is 2.41. The Balaban J connectivity index is 3.29. The van der Waals surface area contributed by atoms with Gasteiger partial charge in [0.15, 0.2) is 0 Å². The summed E-state index contributed by atoms with van der Waals surface area (Å²) in [6.07, 6.45) is -4.74. The van der Waals surface area contributed by atoms with Crippen LogP contribution in [0, 0.1) is 10.1 Å². The smallest absolute Gasteiger partial charge is 0.407 e. The van der Waals surface area contributed by atoms with Crippen LogP contribution in [0.5, 0.6) is 5.75 Å². The molecule has 0 fully saturated rings. The van der Waals surface area contributed by atoms with Gasteiger partial charge in [0.1, 0.15) is 11.8 Å². The number of hydrogen-bond donors (Lipinski definition) is 1. The van der Waals surface area contributed by atoms with Crippen LogP contribution in [-0.4, -0.2) is 18.2 Å². The van der Waals surface area contributed by atoms with Gasteiger partial charge in [0, 0.05) is 0 Å². The monoisotopic (exact) mass is 250 g/mol. The minimum atomic E-state index is -4.74. The molecular formula is C9H9F3N2O3. The number of nitrogens with zero attached hydrogens (tertiary/aromatic N) is 1. The molecule has 1 atom stereocenters. The zero-order valence-electron chi connectivity index (χ0n) is 8.69. The first-order chi connectivity index (χ1) is 7.77. The van der Waals surface area contributed by atoms with Crippen LogP contribution in [0.4, 0.5) is 18.9 Å². The highest BCUT2D eigenvalue weighted by Crippen LogP contribution is 2.36. The Kier molecular flexibility index (Phi) is 3.56. The number of benzene rings is 1. The molecule has 0 aliphatic carbocycles. The van der Waals surface area contributed by atoms with Crippen LogP contribution in [0.15, 0.2) is 18.2 Å². The van der Waals surface area contributed by atoms with E-state index in [4.69, 9.17) is 10.5 Å². The topological polar surface area (TPSA) is 78.4 Å². The van der Waals surface area contributed by atoms with Gasteiger partial charge in [-0.1, -0.05) is 0 Å². The quantitative estimate of drug-likeness (QED) is 0.658. The molecule has 17 heavy (non-hydrogen) atoms. The lowest BCUT2D eigenvalue weighted by Crippen LogP contribution is -2.29. The molecule has 1 aromatic rings. The van der Waals surface area contributed by atoms with E-state index < -0.39 is 28.4 Å². The van der Waals surface area contributed by atoms with E-state index in [2.05, 4.69) is 0 Å². The minimum Gasteiger partial charge on any atom is -0.497 e. The van der Waals surface area contributed by atoms with E-state index in [0.29, 0.717) is 0 Å². The number of halogens is 3. The van der Waals surface area contributed by atoms with Gasteiger partial charge in [-0.15, -0.1) is 0 Å². The molecule has 94 valence electrons.